The van der Waals surface area contributed by atoms with Gasteiger partial charge in [-0.1, -0.05) is 42.5 Å². The highest BCUT2D eigenvalue weighted by atomic mass is 16.5. The van der Waals surface area contributed by atoms with E-state index >= 15 is 0 Å². The van der Waals surface area contributed by atoms with Crippen LogP contribution in [0.5, 0.6) is 0 Å². The minimum atomic E-state index is -0.736. The number of allylic oxidation sites excluding steroid dienone is 2. The summed E-state index contributed by atoms with van der Waals surface area (Å²) in [5, 5.41) is 15.4. The van der Waals surface area contributed by atoms with E-state index in [1.807, 2.05) is 42.5 Å². The molecule has 0 fully saturated rings. The third kappa shape index (κ3) is 9.34. The molecule has 7 heteroatoms. The molecule has 2 rings (SSSR count). The molecule has 1 heterocycles. The van der Waals surface area contributed by atoms with Crippen molar-refractivity contribution in [3.8, 4) is 0 Å². The minimum Gasteiger partial charge on any atom is -0.463 e. The number of hydrogen-bond donors (Lipinski definition) is 3. The largest absolute Gasteiger partial charge is 0.463 e. The maximum Gasteiger partial charge on any atom is 0.305 e. The normalized spacial score (nSPS) is 20.9. The van der Waals surface area contributed by atoms with Crippen molar-refractivity contribution >= 4 is 17.8 Å². The Kier molecular flexibility index (Phi) is 9.72. The van der Waals surface area contributed by atoms with Crippen LogP contribution in [0.25, 0.3) is 0 Å². The van der Waals surface area contributed by atoms with Crippen LogP contribution in [0.15, 0.2) is 42.5 Å². The van der Waals surface area contributed by atoms with Gasteiger partial charge in [-0.3, -0.25) is 14.4 Å². The van der Waals surface area contributed by atoms with Crippen molar-refractivity contribution in [2.24, 2.45) is 5.92 Å². The van der Waals surface area contributed by atoms with Crippen molar-refractivity contribution in [1.29, 1.82) is 0 Å². The predicted molar refractivity (Wildman–Crippen MR) is 118 cm³/mol. The molecule has 2 amide bonds. The van der Waals surface area contributed by atoms with E-state index in [1.54, 1.807) is 13.8 Å². The molecular weight excluding hydrogens is 396 g/mol. The van der Waals surface area contributed by atoms with E-state index in [0.29, 0.717) is 32.1 Å². The molecular formula is C24H34N2O5. The number of cyclic esters (lactones) is 1. The second-order valence-electron chi connectivity index (χ2n) is 8.67. The maximum atomic E-state index is 12.9. The van der Waals surface area contributed by atoms with Crippen molar-refractivity contribution in [2.45, 2.75) is 64.0 Å². The van der Waals surface area contributed by atoms with Gasteiger partial charge >= 0.3 is 5.97 Å². The number of benzene rings is 1. The standard InChI is InChI=1S/C24H34N2O5/c1-24(2)17-31-22(29)13-9-4-3-8-12-19(23(30)26-24)15-21(28)25-20(16-27)14-18-10-6-5-7-11-18/h3,5-8,10-11,19-20,27H,4,9,12-17H2,1-2H3,(H,25,28)(H,26,30). The summed E-state index contributed by atoms with van der Waals surface area (Å²) in [6.45, 7) is 3.46. The molecule has 1 aromatic rings. The predicted octanol–water partition coefficient (Wildman–Crippen LogP) is 2.28. The molecule has 0 aliphatic carbocycles. The Balaban J connectivity index is 2.01. The Morgan fingerprint density at radius 2 is 2.00 bits per heavy atom. The van der Waals surface area contributed by atoms with Gasteiger partial charge in [-0.2, -0.15) is 0 Å². The van der Waals surface area contributed by atoms with Gasteiger partial charge in [-0.15, -0.1) is 0 Å². The molecule has 31 heavy (non-hydrogen) atoms. The molecule has 1 aliphatic rings. The van der Waals surface area contributed by atoms with E-state index in [-0.39, 0.29) is 37.4 Å². The molecule has 1 aliphatic heterocycles. The van der Waals surface area contributed by atoms with Crippen molar-refractivity contribution in [3.63, 3.8) is 0 Å². The lowest BCUT2D eigenvalue weighted by Gasteiger charge is -2.28. The fourth-order valence-electron chi connectivity index (χ4n) is 3.40. The number of hydrogen-bond acceptors (Lipinski definition) is 5. The quantitative estimate of drug-likeness (QED) is 0.474. The molecule has 2 atom stereocenters. The van der Waals surface area contributed by atoms with Crippen molar-refractivity contribution in [3.05, 3.63) is 48.0 Å². The first-order chi connectivity index (χ1) is 14.8. The Bertz CT molecular complexity index is 760. The van der Waals surface area contributed by atoms with E-state index in [4.69, 9.17) is 4.74 Å². The molecule has 2 unspecified atom stereocenters. The lowest BCUT2D eigenvalue weighted by molar-refractivity contribution is -0.146. The van der Waals surface area contributed by atoms with E-state index < -0.39 is 17.5 Å². The number of carbonyl (C=O) groups excluding carboxylic acids is 3. The molecule has 0 aromatic heterocycles. The topological polar surface area (TPSA) is 105 Å². The van der Waals surface area contributed by atoms with Crippen LogP contribution in [-0.4, -0.2) is 47.7 Å². The molecule has 0 spiro atoms. The Morgan fingerprint density at radius 3 is 2.71 bits per heavy atom. The third-order valence-electron chi connectivity index (χ3n) is 5.11. The van der Waals surface area contributed by atoms with Gasteiger partial charge in [0.15, 0.2) is 0 Å². The van der Waals surface area contributed by atoms with Gasteiger partial charge in [0.05, 0.1) is 24.1 Å². The zero-order chi connectivity index (χ0) is 22.7. The highest BCUT2D eigenvalue weighted by Crippen LogP contribution is 2.16. The van der Waals surface area contributed by atoms with Crippen LogP contribution in [0.2, 0.25) is 0 Å². The number of rotatable bonds is 6. The Hall–Kier alpha value is -2.67. The van der Waals surface area contributed by atoms with E-state index in [2.05, 4.69) is 10.6 Å². The Labute approximate surface area is 184 Å². The summed E-state index contributed by atoms with van der Waals surface area (Å²) < 4.78 is 5.27. The van der Waals surface area contributed by atoms with Gasteiger partial charge < -0.3 is 20.5 Å². The van der Waals surface area contributed by atoms with Crippen LogP contribution in [0, 0.1) is 5.92 Å². The summed E-state index contributed by atoms with van der Waals surface area (Å²) in [4.78, 5) is 37.3. The van der Waals surface area contributed by atoms with Crippen LogP contribution < -0.4 is 10.6 Å². The van der Waals surface area contributed by atoms with Gasteiger partial charge in [0.25, 0.3) is 0 Å². The summed E-state index contributed by atoms with van der Waals surface area (Å²) in [7, 11) is 0. The van der Waals surface area contributed by atoms with E-state index in [9.17, 15) is 19.5 Å². The molecule has 170 valence electrons. The van der Waals surface area contributed by atoms with Gasteiger partial charge in [-0.05, 0) is 45.1 Å². The van der Waals surface area contributed by atoms with E-state index in [1.165, 1.54) is 0 Å². The van der Waals surface area contributed by atoms with Gasteiger partial charge in [0, 0.05) is 12.8 Å². The smallest absolute Gasteiger partial charge is 0.305 e. The van der Waals surface area contributed by atoms with Crippen molar-refractivity contribution in [1.82, 2.24) is 10.6 Å². The monoisotopic (exact) mass is 430 g/mol. The second-order valence-corrected chi connectivity index (χ2v) is 8.67. The fraction of sp³-hybridized carbons (Fsp3) is 0.542. The lowest BCUT2D eigenvalue weighted by atomic mass is 9.96. The summed E-state index contributed by atoms with van der Waals surface area (Å²) in [5.74, 6) is -1.37. The summed E-state index contributed by atoms with van der Waals surface area (Å²) >= 11 is 0. The number of esters is 1. The van der Waals surface area contributed by atoms with Crippen LogP contribution in [-0.2, 0) is 25.5 Å². The number of ether oxygens (including phenoxy) is 1. The fourth-order valence-corrected chi connectivity index (χ4v) is 3.40. The molecule has 7 nitrogen and oxygen atoms in total. The molecule has 3 N–H and O–H groups in total. The van der Waals surface area contributed by atoms with E-state index in [0.717, 1.165) is 5.56 Å². The van der Waals surface area contributed by atoms with Crippen molar-refractivity contribution < 1.29 is 24.2 Å². The first-order valence-electron chi connectivity index (χ1n) is 10.9. The lowest BCUT2D eigenvalue weighted by Crippen LogP contribution is -2.50. The van der Waals surface area contributed by atoms with Gasteiger partial charge in [0.2, 0.25) is 11.8 Å². The number of nitrogens with one attached hydrogen (secondary N) is 2. The second kappa shape index (κ2) is 12.2. The van der Waals surface area contributed by atoms with Gasteiger partial charge in [-0.25, -0.2) is 0 Å². The summed E-state index contributed by atoms with van der Waals surface area (Å²) in [6.07, 6.45) is 6.50. The molecule has 0 saturated carbocycles. The van der Waals surface area contributed by atoms with Crippen LogP contribution in [0.1, 0.15) is 51.5 Å². The van der Waals surface area contributed by atoms with Gasteiger partial charge in [0.1, 0.15) is 6.61 Å². The third-order valence-corrected chi connectivity index (χ3v) is 5.11. The molecule has 0 radical (unpaired) electrons. The summed E-state index contributed by atoms with van der Waals surface area (Å²) in [6, 6.07) is 9.20. The number of amides is 2. The van der Waals surface area contributed by atoms with Crippen molar-refractivity contribution in [2.75, 3.05) is 13.2 Å². The van der Waals surface area contributed by atoms with Crippen LogP contribution in [0.3, 0.4) is 0 Å². The first-order valence-corrected chi connectivity index (χ1v) is 10.9. The highest BCUT2D eigenvalue weighted by molar-refractivity contribution is 5.86. The SMILES string of the molecule is CC1(C)COC(=O)CCCC=CCC(CC(=O)NC(CO)Cc2ccccc2)C(=O)N1. The number of aliphatic hydroxyl groups is 1. The molecule has 1 aromatic carbocycles. The zero-order valence-electron chi connectivity index (χ0n) is 18.4. The van der Waals surface area contributed by atoms with Crippen LogP contribution in [0.4, 0.5) is 0 Å². The first kappa shape index (κ1) is 24.6. The Morgan fingerprint density at radius 1 is 1.26 bits per heavy atom. The minimum absolute atomic E-state index is 0.0112. The highest BCUT2D eigenvalue weighted by Gasteiger charge is 2.29. The number of carbonyl (C=O) groups is 3. The maximum absolute atomic E-state index is 12.9. The molecule has 0 saturated heterocycles. The average Bonchev–Trinajstić information content (AvgIpc) is 2.74. The average molecular weight is 431 g/mol. The number of aliphatic hydroxyl groups excluding tert-OH is 1. The van der Waals surface area contributed by atoms with Crippen LogP contribution >= 0.6 is 0 Å². The molecule has 0 bridgehead atoms. The summed E-state index contributed by atoms with van der Waals surface area (Å²) in [5.41, 5.74) is 0.279. The zero-order valence-corrected chi connectivity index (χ0v) is 18.4.